The molecule has 0 aromatic heterocycles. The van der Waals surface area contributed by atoms with E-state index in [0.29, 0.717) is 12.8 Å². The molecular formula is C67H110O5. The first-order chi connectivity index (χ1) is 35.6. The Morgan fingerprint density at radius 2 is 0.556 bits per heavy atom. The molecule has 1 N–H and O–H groups in total. The lowest BCUT2D eigenvalue weighted by atomic mass is 10.0. The summed E-state index contributed by atoms with van der Waals surface area (Å²) in [6, 6.07) is 0. The van der Waals surface area contributed by atoms with Crippen LogP contribution in [0.15, 0.2) is 134 Å². The summed E-state index contributed by atoms with van der Waals surface area (Å²) in [6.07, 6.45) is 91.6. The number of carbonyl (C=O) groups is 2. The zero-order chi connectivity index (χ0) is 52.0. The second-order valence-electron chi connectivity index (χ2n) is 19.3. The molecule has 0 aliphatic rings. The highest BCUT2D eigenvalue weighted by molar-refractivity contribution is 5.70. The maximum Gasteiger partial charge on any atom is 0.306 e. The second kappa shape index (κ2) is 61.3. The van der Waals surface area contributed by atoms with Crippen molar-refractivity contribution in [1.29, 1.82) is 0 Å². The van der Waals surface area contributed by atoms with Gasteiger partial charge in [-0.25, -0.2) is 0 Å². The predicted molar refractivity (Wildman–Crippen MR) is 315 cm³/mol. The van der Waals surface area contributed by atoms with Gasteiger partial charge in [0.15, 0.2) is 6.10 Å². The number of esters is 2. The average Bonchev–Trinajstić information content (AvgIpc) is 3.38. The van der Waals surface area contributed by atoms with Gasteiger partial charge in [-0.1, -0.05) is 270 Å². The zero-order valence-electron chi connectivity index (χ0n) is 46.6. The number of carbonyl (C=O) groups excluding carboxylic acids is 2. The molecule has 0 amide bonds. The van der Waals surface area contributed by atoms with E-state index in [-0.39, 0.29) is 25.2 Å². The third kappa shape index (κ3) is 58.6. The van der Waals surface area contributed by atoms with E-state index in [1.165, 1.54) is 109 Å². The fraction of sp³-hybridized carbons (Fsp3) is 0.642. The molecule has 0 heterocycles. The van der Waals surface area contributed by atoms with Crippen LogP contribution in [0.4, 0.5) is 0 Å². The molecule has 0 aromatic carbocycles. The van der Waals surface area contributed by atoms with E-state index >= 15 is 0 Å². The molecule has 1 atom stereocenters. The SMILES string of the molecule is CC/C=C\C/C=C\C/C=C\C/C=C\C/C=C\C/C=C\C/C=C\CCCCCCCCCCCCCCCCCCCCCC(=O)OC(CO)COC(=O)CCCCCC/C=C\C/C=C\C/C=C\C/C=C\CC. The molecule has 0 saturated carbocycles. The number of hydrogen-bond acceptors (Lipinski definition) is 5. The minimum absolute atomic E-state index is 0.0828. The van der Waals surface area contributed by atoms with E-state index in [1.54, 1.807) is 0 Å². The quantitative estimate of drug-likeness (QED) is 0.0373. The van der Waals surface area contributed by atoms with Crippen molar-refractivity contribution in [2.75, 3.05) is 13.2 Å². The maximum atomic E-state index is 12.3. The first-order valence-corrected chi connectivity index (χ1v) is 29.7. The van der Waals surface area contributed by atoms with Crippen LogP contribution in [-0.2, 0) is 19.1 Å². The first kappa shape index (κ1) is 68.0. The van der Waals surface area contributed by atoms with Crippen LogP contribution in [0.25, 0.3) is 0 Å². The summed E-state index contributed by atoms with van der Waals surface area (Å²) in [6.45, 7) is 3.89. The molecule has 0 aliphatic carbocycles. The highest BCUT2D eigenvalue weighted by Gasteiger charge is 2.16. The molecule has 0 spiro atoms. The van der Waals surface area contributed by atoms with E-state index in [0.717, 1.165) is 122 Å². The lowest BCUT2D eigenvalue weighted by Crippen LogP contribution is -2.28. The molecule has 5 nitrogen and oxygen atoms in total. The molecule has 72 heavy (non-hydrogen) atoms. The molecule has 0 fully saturated rings. The standard InChI is InChI=1S/C67H110O5/c1-3-5-7-9-11-13-15-17-19-21-22-23-24-25-26-27-28-29-30-31-32-33-34-35-36-37-38-39-40-41-42-43-44-46-48-50-52-54-56-58-60-62-67(70)72-65(63-68)64-71-66(69)61-59-57-55-53-51-49-47-45-20-18-16-14-12-10-8-6-4-2/h5-8,11-14,17-20,22-23,25-26,28-29,31-32,47,49,65,68H,3-4,9-10,15-16,21,24,27,30,33-46,48,50-64H2,1-2H3/b7-5-,8-6-,13-11-,14-12-,19-17-,20-18-,23-22-,26-25-,29-28-,32-31-,49-47-. The predicted octanol–water partition coefficient (Wildman–Crippen LogP) is 20.4. The lowest BCUT2D eigenvalue weighted by Gasteiger charge is -2.15. The van der Waals surface area contributed by atoms with Gasteiger partial charge in [0.05, 0.1) is 6.61 Å². The van der Waals surface area contributed by atoms with Crippen molar-refractivity contribution in [2.24, 2.45) is 0 Å². The van der Waals surface area contributed by atoms with Crippen LogP contribution in [0.2, 0.25) is 0 Å². The summed E-state index contributed by atoms with van der Waals surface area (Å²) in [5, 5.41) is 9.64. The monoisotopic (exact) mass is 995 g/mol. The van der Waals surface area contributed by atoms with Crippen molar-refractivity contribution in [3.8, 4) is 0 Å². The minimum atomic E-state index is -0.789. The molecule has 1 unspecified atom stereocenters. The van der Waals surface area contributed by atoms with Gasteiger partial charge in [0.2, 0.25) is 0 Å². The Kier molecular flexibility index (Phi) is 58.0. The average molecular weight is 996 g/mol. The van der Waals surface area contributed by atoms with E-state index < -0.39 is 6.10 Å². The Morgan fingerprint density at radius 3 is 0.833 bits per heavy atom. The van der Waals surface area contributed by atoms with Gasteiger partial charge in [0.1, 0.15) is 6.61 Å². The topological polar surface area (TPSA) is 72.8 Å². The first-order valence-electron chi connectivity index (χ1n) is 29.7. The summed E-state index contributed by atoms with van der Waals surface area (Å²) < 4.78 is 10.7. The van der Waals surface area contributed by atoms with E-state index in [2.05, 4.69) is 148 Å². The van der Waals surface area contributed by atoms with Gasteiger partial charge in [-0.05, 0) is 109 Å². The number of ether oxygens (including phenoxy) is 2. The third-order valence-electron chi connectivity index (χ3n) is 12.4. The van der Waals surface area contributed by atoms with Gasteiger partial charge in [-0.2, -0.15) is 0 Å². The highest BCUT2D eigenvalue weighted by Crippen LogP contribution is 2.16. The summed E-state index contributed by atoms with van der Waals surface area (Å²) in [4.78, 5) is 24.5. The number of unbranched alkanes of at least 4 members (excludes halogenated alkanes) is 23. The molecule has 408 valence electrons. The number of hydrogen-bond donors (Lipinski definition) is 1. The maximum absolute atomic E-state index is 12.3. The van der Waals surface area contributed by atoms with Gasteiger partial charge in [0.25, 0.3) is 0 Å². The minimum Gasteiger partial charge on any atom is -0.462 e. The van der Waals surface area contributed by atoms with Crippen molar-refractivity contribution in [2.45, 2.75) is 264 Å². The molecule has 0 rings (SSSR count). The Hall–Kier alpha value is -3.96. The normalized spacial score (nSPS) is 13.2. The number of allylic oxidation sites excluding steroid dienone is 22. The van der Waals surface area contributed by atoms with Crippen molar-refractivity contribution < 1.29 is 24.2 Å². The van der Waals surface area contributed by atoms with Crippen molar-refractivity contribution in [3.05, 3.63) is 134 Å². The van der Waals surface area contributed by atoms with Gasteiger partial charge < -0.3 is 14.6 Å². The van der Waals surface area contributed by atoms with Crippen LogP contribution >= 0.6 is 0 Å². The Labute approximate surface area is 445 Å². The van der Waals surface area contributed by atoms with Crippen LogP contribution in [0.3, 0.4) is 0 Å². The van der Waals surface area contributed by atoms with E-state index in [4.69, 9.17) is 9.47 Å². The third-order valence-corrected chi connectivity index (χ3v) is 12.4. The molecule has 0 saturated heterocycles. The molecule has 5 heteroatoms. The summed E-state index contributed by atoms with van der Waals surface area (Å²) in [5.74, 6) is -0.619. The fourth-order valence-electron chi connectivity index (χ4n) is 8.06. The Morgan fingerprint density at radius 1 is 0.319 bits per heavy atom. The van der Waals surface area contributed by atoms with Crippen LogP contribution in [-0.4, -0.2) is 36.4 Å². The summed E-state index contributed by atoms with van der Waals surface area (Å²) >= 11 is 0. The van der Waals surface area contributed by atoms with E-state index in [1.807, 2.05) is 0 Å². The number of rotatable bonds is 53. The van der Waals surface area contributed by atoms with Gasteiger partial charge in [0, 0.05) is 12.8 Å². The van der Waals surface area contributed by atoms with Crippen LogP contribution < -0.4 is 0 Å². The fourth-order valence-corrected chi connectivity index (χ4v) is 8.06. The van der Waals surface area contributed by atoms with E-state index in [9.17, 15) is 14.7 Å². The van der Waals surface area contributed by atoms with Crippen LogP contribution in [0.1, 0.15) is 258 Å². The Balaban J connectivity index is 3.49. The Bertz CT molecular complexity index is 1500. The molecule has 0 radical (unpaired) electrons. The molecule has 0 aromatic rings. The lowest BCUT2D eigenvalue weighted by molar-refractivity contribution is -0.161. The van der Waals surface area contributed by atoms with Crippen LogP contribution in [0.5, 0.6) is 0 Å². The zero-order valence-corrected chi connectivity index (χ0v) is 46.6. The van der Waals surface area contributed by atoms with Crippen molar-refractivity contribution >= 4 is 11.9 Å². The summed E-state index contributed by atoms with van der Waals surface area (Å²) in [5.41, 5.74) is 0. The smallest absolute Gasteiger partial charge is 0.306 e. The second-order valence-corrected chi connectivity index (χ2v) is 19.3. The van der Waals surface area contributed by atoms with Gasteiger partial charge in [-0.3, -0.25) is 9.59 Å². The van der Waals surface area contributed by atoms with Crippen molar-refractivity contribution in [3.63, 3.8) is 0 Å². The number of aliphatic hydroxyl groups excluding tert-OH is 1. The van der Waals surface area contributed by atoms with Gasteiger partial charge >= 0.3 is 11.9 Å². The molecular weight excluding hydrogens is 885 g/mol. The molecule has 0 aliphatic heterocycles. The van der Waals surface area contributed by atoms with Crippen LogP contribution in [0, 0.1) is 0 Å². The number of aliphatic hydroxyl groups is 1. The summed E-state index contributed by atoms with van der Waals surface area (Å²) in [7, 11) is 0. The largest absolute Gasteiger partial charge is 0.462 e. The highest BCUT2D eigenvalue weighted by atomic mass is 16.6. The van der Waals surface area contributed by atoms with Crippen molar-refractivity contribution in [1.82, 2.24) is 0 Å². The van der Waals surface area contributed by atoms with Gasteiger partial charge in [-0.15, -0.1) is 0 Å². The molecule has 0 bridgehead atoms.